The van der Waals surface area contributed by atoms with Crippen LogP contribution in [0.5, 0.6) is 5.75 Å². The number of carbonyl (C=O) groups is 2. The van der Waals surface area contributed by atoms with E-state index in [0.717, 1.165) is 35.4 Å². The molecule has 0 fully saturated rings. The Balaban J connectivity index is 1.63. The van der Waals surface area contributed by atoms with Gasteiger partial charge >= 0.3 is 0 Å². The number of ether oxygens (including phenoxy) is 1. The van der Waals surface area contributed by atoms with E-state index in [1.807, 2.05) is 36.4 Å². The Labute approximate surface area is 166 Å². The van der Waals surface area contributed by atoms with Gasteiger partial charge in [0, 0.05) is 36.8 Å². The first-order valence-corrected chi connectivity index (χ1v) is 9.85. The van der Waals surface area contributed by atoms with Crippen molar-refractivity contribution < 1.29 is 14.3 Å². The van der Waals surface area contributed by atoms with Crippen LogP contribution in [0.4, 0.5) is 5.69 Å². The Bertz CT molecular complexity index is 861. The molecular formula is C23H28N2O3. The van der Waals surface area contributed by atoms with Crippen LogP contribution in [0.25, 0.3) is 0 Å². The molecule has 0 radical (unpaired) electrons. The largest absolute Gasteiger partial charge is 0.493 e. The predicted octanol–water partition coefficient (Wildman–Crippen LogP) is 3.95. The summed E-state index contributed by atoms with van der Waals surface area (Å²) >= 11 is 0. The lowest BCUT2D eigenvalue weighted by Crippen LogP contribution is -2.26. The fraction of sp³-hybridized carbons (Fsp3) is 0.391. The maximum Gasteiger partial charge on any atom is 0.251 e. The van der Waals surface area contributed by atoms with Crippen LogP contribution in [0.2, 0.25) is 0 Å². The standard InChI is InChI=1S/C23H28N2O3/c1-16(2)11-13-28-22-7-5-4-6-20(22)15-24-23(27)19-8-9-21-18(14-19)10-12-25(21)17(3)26/h4-9,14,16H,10-13,15H2,1-3H3,(H,24,27). The van der Waals surface area contributed by atoms with E-state index in [0.29, 0.717) is 31.2 Å². The molecule has 28 heavy (non-hydrogen) atoms. The molecule has 1 aliphatic rings. The molecule has 1 heterocycles. The molecule has 3 rings (SSSR count). The van der Waals surface area contributed by atoms with Gasteiger partial charge in [0.1, 0.15) is 5.75 Å². The lowest BCUT2D eigenvalue weighted by Gasteiger charge is -2.15. The average molecular weight is 380 g/mol. The Kier molecular flexibility index (Phi) is 6.34. The number of fused-ring (bicyclic) bond motifs is 1. The monoisotopic (exact) mass is 380 g/mol. The van der Waals surface area contributed by atoms with Gasteiger partial charge in [0.15, 0.2) is 0 Å². The van der Waals surface area contributed by atoms with Gasteiger partial charge in [-0.1, -0.05) is 32.0 Å². The molecule has 2 aromatic rings. The quantitative estimate of drug-likeness (QED) is 0.791. The first-order valence-electron chi connectivity index (χ1n) is 9.85. The van der Waals surface area contributed by atoms with Gasteiger partial charge in [-0.2, -0.15) is 0 Å². The van der Waals surface area contributed by atoms with Gasteiger partial charge in [-0.3, -0.25) is 9.59 Å². The van der Waals surface area contributed by atoms with Crippen LogP contribution in [0.3, 0.4) is 0 Å². The highest BCUT2D eigenvalue weighted by Crippen LogP contribution is 2.29. The van der Waals surface area contributed by atoms with Crippen LogP contribution in [0.15, 0.2) is 42.5 Å². The summed E-state index contributed by atoms with van der Waals surface area (Å²) in [5.74, 6) is 1.31. The van der Waals surface area contributed by atoms with E-state index in [9.17, 15) is 9.59 Å². The number of nitrogens with zero attached hydrogens (tertiary/aromatic N) is 1. The highest BCUT2D eigenvalue weighted by Gasteiger charge is 2.23. The number of nitrogens with one attached hydrogen (secondary N) is 1. The maximum atomic E-state index is 12.6. The van der Waals surface area contributed by atoms with E-state index < -0.39 is 0 Å². The summed E-state index contributed by atoms with van der Waals surface area (Å²) in [5, 5.41) is 2.98. The molecule has 5 nitrogen and oxygen atoms in total. The summed E-state index contributed by atoms with van der Waals surface area (Å²) in [7, 11) is 0. The summed E-state index contributed by atoms with van der Waals surface area (Å²) in [6.45, 7) is 7.66. The van der Waals surface area contributed by atoms with Gasteiger partial charge in [0.25, 0.3) is 5.91 Å². The third-order valence-electron chi connectivity index (χ3n) is 4.98. The third-order valence-corrected chi connectivity index (χ3v) is 4.98. The van der Waals surface area contributed by atoms with Crippen molar-refractivity contribution >= 4 is 17.5 Å². The second-order valence-electron chi connectivity index (χ2n) is 7.59. The molecule has 0 unspecified atom stereocenters. The van der Waals surface area contributed by atoms with Crippen LogP contribution in [-0.2, 0) is 17.8 Å². The molecule has 1 N–H and O–H groups in total. The lowest BCUT2D eigenvalue weighted by atomic mass is 10.1. The Morgan fingerprint density at radius 2 is 1.96 bits per heavy atom. The van der Waals surface area contributed by atoms with Crippen molar-refractivity contribution in [3.63, 3.8) is 0 Å². The summed E-state index contributed by atoms with van der Waals surface area (Å²) in [6.07, 6.45) is 1.77. The average Bonchev–Trinajstić information content (AvgIpc) is 3.10. The molecule has 148 valence electrons. The zero-order valence-corrected chi connectivity index (χ0v) is 16.8. The molecular weight excluding hydrogens is 352 g/mol. The van der Waals surface area contributed by atoms with Crippen molar-refractivity contribution in [1.29, 1.82) is 0 Å². The minimum atomic E-state index is -0.124. The summed E-state index contributed by atoms with van der Waals surface area (Å²) in [5.41, 5.74) is 3.53. The fourth-order valence-corrected chi connectivity index (χ4v) is 3.34. The number of anilines is 1. The SMILES string of the molecule is CC(=O)N1CCc2cc(C(=O)NCc3ccccc3OCCC(C)C)ccc21. The molecule has 0 bridgehead atoms. The fourth-order valence-electron chi connectivity index (χ4n) is 3.34. The van der Waals surface area contributed by atoms with E-state index in [1.54, 1.807) is 17.9 Å². The molecule has 0 aromatic heterocycles. The van der Waals surface area contributed by atoms with Crippen molar-refractivity contribution in [1.82, 2.24) is 5.32 Å². The molecule has 1 aliphatic heterocycles. The van der Waals surface area contributed by atoms with Gasteiger partial charge in [0.05, 0.1) is 6.61 Å². The van der Waals surface area contributed by atoms with Gasteiger partial charge < -0.3 is 15.0 Å². The van der Waals surface area contributed by atoms with Crippen molar-refractivity contribution in [3.8, 4) is 5.75 Å². The van der Waals surface area contributed by atoms with Crippen molar-refractivity contribution in [2.75, 3.05) is 18.1 Å². The molecule has 2 amide bonds. The molecule has 0 saturated heterocycles. The first-order chi connectivity index (χ1) is 13.5. The second-order valence-corrected chi connectivity index (χ2v) is 7.59. The first kappa shape index (κ1) is 19.9. The molecule has 0 atom stereocenters. The van der Waals surface area contributed by atoms with Crippen molar-refractivity contribution in [2.24, 2.45) is 5.92 Å². The van der Waals surface area contributed by atoms with Gasteiger partial charge in [-0.25, -0.2) is 0 Å². The number of para-hydroxylation sites is 1. The highest BCUT2D eigenvalue weighted by atomic mass is 16.5. The van der Waals surface area contributed by atoms with Crippen molar-refractivity contribution in [3.05, 3.63) is 59.2 Å². The summed E-state index contributed by atoms with van der Waals surface area (Å²) < 4.78 is 5.89. The predicted molar refractivity (Wildman–Crippen MR) is 111 cm³/mol. The molecule has 5 heteroatoms. The van der Waals surface area contributed by atoms with E-state index >= 15 is 0 Å². The molecule has 0 spiro atoms. The topological polar surface area (TPSA) is 58.6 Å². The Hall–Kier alpha value is -2.82. The molecule has 2 aromatic carbocycles. The minimum absolute atomic E-state index is 0.0324. The number of hydrogen-bond donors (Lipinski definition) is 1. The maximum absolute atomic E-state index is 12.6. The number of hydrogen-bond acceptors (Lipinski definition) is 3. The van der Waals surface area contributed by atoms with E-state index in [4.69, 9.17) is 4.74 Å². The number of rotatable bonds is 7. The number of amides is 2. The zero-order valence-electron chi connectivity index (χ0n) is 16.8. The summed E-state index contributed by atoms with van der Waals surface area (Å²) in [4.78, 5) is 26.0. The van der Waals surface area contributed by atoms with Crippen molar-refractivity contribution in [2.45, 2.75) is 40.2 Å². The van der Waals surface area contributed by atoms with Gasteiger partial charge in [-0.05, 0) is 48.6 Å². The van der Waals surface area contributed by atoms with Crippen LogP contribution in [0, 0.1) is 5.92 Å². The molecule has 0 aliphatic carbocycles. The second kappa shape index (κ2) is 8.91. The van der Waals surface area contributed by atoms with Crippen LogP contribution in [0.1, 0.15) is 48.7 Å². The van der Waals surface area contributed by atoms with Crippen LogP contribution >= 0.6 is 0 Å². The number of benzene rings is 2. The smallest absolute Gasteiger partial charge is 0.251 e. The van der Waals surface area contributed by atoms with Gasteiger partial charge in [-0.15, -0.1) is 0 Å². The minimum Gasteiger partial charge on any atom is -0.493 e. The number of carbonyl (C=O) groups excluding carboxylic acids is 2. The third kappa shape index (κ3) is 4.71. The Morgan fingerprint density at radius 3 is 2.71 bits per heavy atom. The Morgan fingerprint density at radius 1 is 1.18 bits per heavy atom. The van der Waals surface area contributed by atoms with Crippen LogP contribution in [-0.4, -0.2) is 25.0 Å². The van der Waals surface area contributed by atoms with E-state index in [1.165, 1.54) is 0 Å². The van der Waals surface area contributed by atoms with E-state index in [2.05, 4.69) is 19.2 Å². The highest BCUT2D eigenvalue weighted by molar-refractivity contribution is 5.97. The normalized spacial score (nSPS) is 12.8. The lowest BCUT2D eigenvalue weighted by molar-refractivity contribution is -0.116. The molecule has 0 saturated carbocycles. The summed E-state index contributed by atoms with van der Waals surface area (Å²) in [6, 6.07) is 13.3. The van der Waals surface area contributed by atoms with E-state index in [-0.39, 0.29) is 11.8 Å². The zero-order chi connectivity index (χ0) is 20.1. The van der Waals surface area contributed by atoms with Crippen LogP contribution < -0.4 is 15.0 Å². The van der Waals surface area contributed by atoms with Gasteiger partial charge in [0.2, 0.25) is 5.91 Å².